The molecule has 0 bridgehead atoms. The Kier molecular flexibility index (Phi) is 3.73. The summed E-state index contributed by atoms with van der Waals surface area (Å²) in [5.41, 5.74) is 0.0237. The van der Waals surface area contributed by atoms with Crippen LogP contribution in [0.5, 0.6) is 0 Å². The smallest absolute Gasteiger partial charge is 0.137 e. The van der Waals surface area contributed by atoms with E-state index >= 15 is 0 Å². The van der Waals surface area contributed by atoms with Gasteiger partial charge in [0.25, 0.3) is 0 Å². The lowest BCUT2D eigenvalue weighted by Crippen LogP contribution is -2.47. The number of hydrogen-bond donors (Lipinski definition) is 1. The van der Waals surface area contributed by atoms with Gasteiger partial charge in [-0.3, -0.25) is 0 Å². The van der Waals surface area contributed by atoms with Crippen molar-refractivity contribution in [1.29, 1.82) is 0 Å². The Morgan fingerprint density at radius 2 is 1.73 bits per heavy atom. The maximum Gasteiger partial charge on any atom is 0.137 e. The van der Waals surface area contributed by atoms with E-state index in [2.05, 4.69) is 26.1 Å². The molecule has 2 heteroatoms. The Morgan fingerprint density at radius 1 is 1.27 bits per heavy atom. The third-order valence-corrected chi connectivity index (χ3v) is 1.46. The van der Waals surface area contributed by atoms with Crippen molar-refractivity contribution in [3.05, 3.63) is 0 Å². The molecule has 0 saturated heterocycles. The number of carbonyl (C=O) groups excluding carboxylic acids is 1. The minimum Gasteiger partial charge on any atom is -0.303 e. The number of aldehydes is 1. The van der Waals surface area contributed by atoms with Crippen LogP contribution in [0.2, 0.25) is 0 Å². The van der Waals surface area contributed by atoms with Gasteiger partial charge in [0.15, 0.2) is 0 Å². The summed E-state index contributed by atoms with van der Waals surface area (Å²) in [5, 5.41) is 3.24. The van der Waals surface area contributed by atoms with Gasteiger partial charge in [0.1, 0.15) is 6.29 Å². The van der Waals surface area contributed by atoms with E-state index in [1.54, 1.807) is 0 Å². The Balaban J connectivity index is 3.99. The normalized spacial score (nSPS) is 15.1. The fourth-order valence-corrected chi connectivity index (χ4v) is 0.858. The number of carbonyl (C=O) groups is 1. The molecule has 0 aromatic heterocycles. The maximum absolute atomic E-state index is 10.6. The second-order valence-electron chi connectivity index (χ2n) is 4.30. The summed E-state index contributed by atoms with van der Waals surface area (Å²) in [6.07, 6.45) is 0.982. The van der Waals surface area contributed by atoms with Crippen LogP contribution in [-0.2, 0) is 4.79 Å². The molecule has 0 aliphatic rings. The van der Waals surface area contributed by atoms with Crippen molar-refractivity contribution in [2.24, 2.45) is 5.92 Å². The largest absolute Gasteiger partial charge is 0.303 e. The second kappa shape index (κ2) is 3.86. The summed E-state index contributed by atoms with van der Waals surface area (Å²) in [5.74, 6) is 0.367. The molecule has 0 rings (SSSR count). The molecule has 66 valence electrons. The zero-order valence-electron chi connectivity index (χ0n) is 8.14. The summed E-state index contributed by atoms with van der Waals surface area (Å²) in [4.78, 5) is 10.6. The molecule has 0 heterocycles. The van der Waals surface area contributed by atoms with E-state index < -0.39 is 0 Å². The van der Waals surface area contributed by atoms with Crippen LogP contribution in [0.25, 0.3) is 0 Å². The zero-order chi connectivity index (χ0) is 9.07. The second-order valence-corrected chi connectivity index (χ2v) is 4.30. The van der Waals surface area contributed by atoms with Crippen molar-refractivity contribution in [1.82, 2.24) is 5.32 Å². The molecule has 0 saturated carbocycles. The minimum atomic E-state index is -0.0185. The van der Waals surface area contributed by atoms with Gasteiger partial charge in [-0.2, -0.15) is 0 Å². The van der Waals surface area contributed by atoms with Crippen LogP contribution in [0.4, 0.5) is 0 Å². The summed E-state index contributed by atoms with van der Waals surface area (Å²) in [6.45, 7) is 10.3. The summed E-state index contributed by atoms with van der Waals surface area (Å²) in [7, 11) is 0. The van der Waals surface area contributed by atoms with Crippen LogP contribution < -0.4 is 5.32 Å². The number of hydrogen-bond acceptors (Lipinski definition) is 2. The van der Waals surface area contributed by atoms with Crippen molar-refractivity contribution < 1.29 is 4.79 Å². The highest BCUT2D eigenvalue weighted by molar-refractivity contribution is 5.58. The summed E-state index contributed by atoms with van der Waals surface area (Å²) >= 11 is 0. The molecule has 1 unspecified atom stereocenters. The fraction of sp³-hybridized carbons (Fsp3) is 0.889. The average Bonchev–Trinajstić information content (AvgIpc) is 1.80. The van der Waals surface area contributed by atoms with Gasteiger partial charge in [-0.1, -0.05) is 13.8 Å². The first-order chi connectivity index (χ1) is 4.87. The van der Waals surface area contributed by atoms with Gasteiger partial charge in [0.05, 0.1) is 6.04 Å². The number of nitrogens with one attached hydrogen (secondary N) is 1. The van der Waals surface area contributed by atoms with Gasteiger partial charge in [-0.15, -0.1) is 0 Å². The quantitative estimate of drug-likeness (QED) is 0.630. The Labute approximate surface area is 69.4 Å². The van der Waals surface area contributed by atoms with E-state index in [-0.39, 0.29) is 11.6 Å². The van der Waals surface area contributed by atoms with Crippen LogP contribution in [0.1, 0.15) is 34.6 Å². The molecule has 11 heavy (non-hydrogen) atoms. The van der Waals surface area contributed by atoms with Gasteiger partial charge in [-0.25, -0.2) is 0 Å². The topological polar surface area (TPSA) is 29.1 Å². The van der Waals surface area contributed by atoms with Gasteiger partial charge in [-0.05, 0) is 26.7 Å². The highest BCUT2D eigenvalue weighted by atomic mass is 16.1. The molecule has 0 spiro atoms. The first-order valence-corrected chi connectivity index (χ1v) is 4.10. The molecule has 0 aromatic carbocycles. The minimum absolute atomic E-state index is 0.0185. The highest BCUT2D eigenvalue weighted by Crippen LogP contribution is 2.06. The van der Waals surface area contributed by atoms with Crippen LogP contribution in [0, 0.1) is 5.92 Å². The third kappa shape index (κ3) is 4.96. The molecule has 0 amide bonds. The Bertz CT molecular complexity index is 124. The Hall–Kier alpha value is -0.370. The standard InChI is InChI=1S/C9H19NO/c1-7(2)8(6-11)10-9(3,4)5/h6-8,10H,1-5H3. The molecule has 0 fully saturated rings. The lowest BCUT2D eigenvalue weighted by Gasteiger charge is -2.27. The maximum atomic E-state index is 10.6. The lowest BCUT2D eigenvalue weighted by molar-refractivity contribution is -0.110. The van der Waals surface area contributed by atoms with Gasteiger partial charge >= 0.3 is 0 Å². The first kappa shape index (κ1) is 10.6. The molecule has 2 nitrogen and oxygen atoms in total. The van der Waals surface area contributed by atoms with Crippen molar-refractivity contribution in [3.8, 4) is 0 Å². The molecular weight excluding hydrogens is 138 g/mol. The van der Waals surface area contributed by atoms with Crippen molar-refractivity contribution in [2.75, 3.05) is 0 Å². The van der Waals surface area contributed by atoms with Crippen LogP contribution in [0.15, 0.2) is 0 Å². The van der Waals surface area contributed by atoms with E-state index in [0.29, 0.717) is 5.92 Å². The molecule has 0 aromatic rings. The van der Waals surface area contributed by atoms with E-state index in [1.807, 2.05) is 13.8 Å². The van der Waals surface area contributed by atoms with Crippen molar-refractivity contribution in [3.63, 3.8) is 0 Å². The molecule has 0 aliphatic carbocycles. The third-order valence-electron chi connectivity index (χ3n) is 1.46. The van der Waals surface area contributed by atoms with Gasteiger partial charge < -0.3 is 10.1 Å². The fourth-order valence-electron chi connectivity index (χ4n) is 0.858. The zero-order valence-corrected chi connectivity index (χ0v) is 8.14. The Morgan fingerprint density at radius 3 is 1.82 bits per heavy atom. The molecule has 0 aliphatic heterocycles. The molecule has 1 N–H and O–H groups in total. The van der Waals surface area contributed by atoms with Gasteiger partial charge in [0.2, 0.25) is 0 Å². The van der Waals surface area contributed by atoms with Crippen LogP contribution >= 0.6 is 0 Å². The highest BCUT2D eigenvalue weighted by Gasteiger charge is 2.18. The van der Waals surface area contributed by atoms with E-state index in [4.69, 9.17) is 0 Å². The van der Waals surface area contributed by atoms with Crippen molar-refractivity contribution >= 4 is 6.29 Å². The van der Waals surface area contributed by atoms with Crippen molar-refractivity contribution in [2.45, 2.75) is 46.2 Å². The summed E-state index contributed by atoms with van der Waals surface area (Å²) in [6, 6.07) is -0.0185. The van der Waals surface area contributed by atoms with E-state index in [1.165, 1.54) is 0 Å². The predicted molar refractivity (Wildman–Crippen MR) is 47.6 cm³/mol. The monoisotopic (exact) mass is 157 g/mol. The van der Waals surface area contributed by atoms with Gasteiger partial charge in [0, 0.05) is 5.54 Å². The van der Waals surface area contributed by atoms with E-state index in [9.17, 15) is 4.79 Å². The molecular formula is C9H19NO. The SMILES string of the molecule is CC(C)C(C=O)NC(C)(C)C. The average molecular weight is 157 g/mol. The van der Waals surface area contributed by atoms with Crippen LogP contribution in [-0.4, -0.2) is 17.9 Å². The predicted octanol–water partition coefficient (Wildman–Crippen LogP) is 1.60. The first-order valence-electron chi connectivity index (χ1n) is 4.10. The summed E-state index contributed by atoms with van der Waals surface area (Å²) < 4.78 is 0. The molecule has 0 radical (unpaired) electrons. The van der Waals surface area contributed by atoms with Crippen LogP contribution in [0.3, 0.4) is 0 Å². The van der Waals surface area contributed by atoms with E-state index in [0.717, 1.165) is 6.29 Å². The number of rotatable bonds is 3. The molecule has 1 atom stereocenters. The lowest BCUT2D eigenvalue weighted by atomic mass is 10.0.